The van der Waals surface area contributed by atoms with Crippen molar-refractivity contribution in [1.82, 2.24) is 4.57 Å². The third-order valence-corrected chi connectivity index (χ3v) is 4.52. The lowest BCUT2D eigenvalue weighted by Crippen LogP contribution is -2.26. The molecule has 5 nitrogen and oxygen atoms in total. The number of carbonyl (C=O) groups is 1. The van der Waals surface area contributed by atoms with E-state index < -0.39 is 5.91 Å². The van der Waals surface area contributed by atoms with Crippen molar-refractivity contribution in [2.75, 3.05) is 5.32 Å². The standard InChI is InChI=1S/C22H24N2O3/c1-3-4-8-13-24-16(2)15-18(25)20(21(24)19-12-9-14-27-19)22(26)23-17-10-6-5-7-11-17/h5-7,9-12,14-15H,3-4,8,13H2,1-2H3,(H,23,26). The van der Waals surface area contributed by atoms with Gasteiger partial charge in [-0.2, -0.15) is 0 Å². The first kappa shape index (κ1) is 18.7. The van der Waals surface area contributed by atoms with E-state index in [1.54, 1.807) is 30.5 Å². The number of pyridine rings is 1. The molecule has 27 heavy (non-hydrogen) atoms. The van der Waals surface area contributed by atoms with Gasteiger partial charge < -0.3 is 14.3 Å². The molecule has 1 N–H and O–H groups in total. The number of aromatic nitrogens is 1. The van der Waals surface area contributed by atoms with Crippen LogP contribution in [-0.2, 0) is 6.54 Å². The summed E-state index contributed by atoms with van der Waals surface area (Å²) in [6, 6.07) is 14.2. The first-order chi connectivity index (χ1) is 13.1. The average Bonchev–Trinajstić information content (AvgIpc) is 3.18. The number of hydrogen-bond acceptors (Lipinski definition) is 3. The minimum absolute atomic E-state index is 0.107. The third kappa shape index (κ3) is 4.19. The Bertz CT molecular complexity index is 957. The van der Waals surface area contributed by atoms with Gasteiger partial charge in [-0.1, -0.05) is 38.0 Å². The van der Waals surface area contributed by atoms with Gasteiger partial charge in [0.25, 0.3) is 5.91 Å². The number of nitrogens with one attached hydrogen (secondary N) is 1. The van der Waals surface area contributed by atoms with E-state index >= 15 is 0 Å². The van der Waals surface area contributed by atoms with Crippen molar-refractivity contribution >= 4 is 11.6 Å². The van der Waals surface area contributed by atoms with Crippen LogP contribution < -0.4 is 10.7 Å². The number of carbonyl (C=O) groups excluding carboxylic acids is 1. The molecule has 3 aromatic rings. The van der Waals surface area contributed by atoms with Crippen LogP contribution in [0.2, 0.25) is 0 Å². The predicted molar refractivity (Wildman–Crippen MR) is 107 cm³/mol. The van der Waals surface area contributed by atoms with Crippen LogP contribution in [0.5, 0.6) is 0 Å². The highest BCUT2D eigenvalue weighted by Gasteiger charge is 2.23. The normalized spacial score (nSPS) is 10.7. The number of rotatable bonds is 7. The van der Waals surface area contributed by atoms with E-state index in [2.05, 4.69) is 12.2 Å². The lowest BCUT2D eigenvalue weighted by atomic mass is 10.1. The number of nitrogens with zero attached hydrogens (tertiary/aromatic N) is 1. The van der Waals surface area contributed by atoms with Gasteiger partial charge >= 0.3 is 0 Å². The maximum Gasteiger partial charge on any atom is 0.261 e. The molecule has 140 valence electrons. The molecule has 0 spiro atoms. The zero-order valence-corrected chi connectivity index (χ0v) is 15.7. The first-order valence-electron chi connectivity index (χ1n) is 9.26. The molecule has 1 aromatic carbocycles. The van der Waals surface area contributed by atoms with Crippen LogP contribution in [0.3, 0.4) is 0 Å². The second-order valence-corrected chi connectivity index (χ2v) is 6.53. The number of anilines is 1. The Balaban J connectivity index is 2.10. The van der Waals surface area contributed by atoms with Crippen molar-refractivity contribution in [2.24, 2.45) is 0 Å². The summed E-state index contributed by atoms with van der Waals surface area (Å²) in [5.41, 5.74) is 1.80. The number of unbranched alkanes of at least 4 members (excludes halogenated alkanes) is 2. The zero-order valence-electron chi connectivity index (χ0n) is 15.7. The van der Waals surface area contributed by atoms with Crippen LogP contribution in [0.4, 0.5) is 5.69 Å². The minimum Gasteiger partial charge on any atom is -0.463 e. The molecule has 0 unspecified atom stereocenters. The highest BCUT2D eigenvalue weighted by Crippen LogP contribution is 2.25. The van der Waals surface area contributed by atoms with Crippen molar-refractivity contribution in [1.29, 1.82) is 0 Å². The van der Waals surface area contributed by atoms with Crippen LogP contribution in [-0.4, -0.2) is 10.5 Å². The number of furan rings is 1. The van der Waals surface area contributed by atoms with Gasteiger partial charge in [0.2, 0.25) is 0 Å². The van der Waals surface area contributed by atoms with Crippen molar-refractivity contribution in [3.63, 3.8) is 0 Å². The zero-order chi connectivity index (χ0) is 19.2. The number of benzene rings is 1. The summed E-state index contributed by atoms with van der Waals surface area (Å²) in [7, 11) is 0. The molecule has 0 aliphatic carbocycles. The molecule has 0 radical (unpaired) electrons. The Morgan fingerprint density at radius 1 is 1.11 bits per heavy atom. The molecule has 0 saturated heterocycles. The Morgan fingerprint density at radius 2 is 1.89 bits per heavy atom. The Hall–Kier alpha value is -3.08. The molecule has 0 saturated carbocycles. The van der Waals surface area contributed by atoms with Gasteiger partial charge in [0.1, 0.15) is 11.3 Å². The number of aryl methyl sites for hydroxylation is 1. The molecular weight excluding hydrogens is 340 g/mol. The van der Waals surface area contributed by atoms with E-state index in [0.29, 0.717) is 17.1 Å². The van der Waals surface area contributed by atoms with Crippen LogP contribution in [0.1, 0.15) is 42.2 Å². The van der Waals surface area contributed by atoms with Crippen LogP contribution in [0.25, 0.3) is 11.5 Å². The highest BCUT2D eigenvalue weighted by molar-refractivity contribution is 6.07. The van der Waals surface area contributed by atoms with E-state index in [9.17, 15) is 9.59 Å². The number of para-hydroxylation sites is 1. The fraction of sp³-hybridized carbons (Fsp3) is 0.273. The summed E-state index contributed by atoms with van der Waals surface area (Å²) in [6.45, 7) is 4.75. The maximum absolute atomic E-state index is 13.0. The SMILES string of the molecule is CCCCCn1c(C)cc(=O)c(C(=O)Nc2ccccc2)c1-c1ccco1. The molecule has 2 heterocycles. The summed E-state index contributed by atoms with van der Waals surface area (Å²) in [5.74, 6) is 0.0901. The molecular formula is C22H24N2O3. The molecule has 0 aliphatic rings. The minimum atomic E-state index is -0.429. The Labute approximate surface area is 158 Å². The van der Waals surface area contributed by atoms with Gasteiger partial charge in [-0.05, 0) is 37.6 Å². The quantitative estimate of drug-likeness (QED) is 0.609. The van der Waals surface area contributed by atoms with E-state index in [-0.39, 0.29) is 11.0 Å². The predicted octanol–water partition coefficient (Wildman–Crippen LogP) is 4.86. The van der Waals surface area contributed by atoms with E-state index in [0.717, 1.165) is 31.5 Å². The lowest BCUT2D eigenvalue weighted by Gasteiger charge is -2.18. The van der Waals surface area contributed by atoms with Gasteiger partial charge in [0, 0.05) is 24.0 Å². The van der Waals surface area contributed by atoms with Gasteiger partial charge in [-0.25, -0.2) is 0 Å². The van der Waals surface area contributed by atoms with Gasteiger partial charge in [-0.15, -0.1) is 0 Å². The molecule has 5 heteroatoms. The molecule has 0 aliphatic heterocycles. The van der Waals surface area contributed by atoms with Crippen molar-refractivity contribution in [3.05, 3.63) is 76.3 Å². The van der Waals surface area contributed by atoms with E-state index in [4.69, 9.17) is 4.42 Å². The van der Waals surface area contributed by atoms with Gasteiger partial charge in [-0.3, -0.25) is 9.59 Å². The van der Waals surface area contributed by atoms with Crippen molar-refractivity contribution < 1.29 is 9.21 Å². The summed E-state index contributed by atoms with van der Waals surface area (Å²) in [5, 5.41) is 2.82. The van der Waals surface area contributed by atoms with Crippen LogP contribution in [0.15, 0.2) is 64.0 Å². The third-order valence-electron chi connectivity index (χ3n) is 4.52. The smallest absolute Gasteiger partial charge is 0.261 e. The van der Waals surface area contributed by atoms with Gasteiger partial charge in [0.15, 0.2) is 11.2 Å². The van der Waals surface area contributed by atoms with E-state index in [1.165, 1.54) is 6.07 Å². The van der Waals surface area contributed by atoms with Crippen molar-refractivity contribution in [2.45, 2.75) is 39.7 Å². The Kier molecular flexibility index (Phi) is 5.91. The van der Waals surface area contributed by atoms with Crippen LogP contribution >= 0.6 is 0 Å². The molecule has 1 amide bonds. The van der Waals surface area contributed by atoms with Crippen LogP contribution in [0, 0.1) is 6.92 Å². The fourth-order valence-electron chi connectivity index (χ4n) is 3.18. The second kappa shape index (κ2) is 8.54. The molecule has 3 rings (SSSR count). The summed E-state index contributed by atoms with van der Waals surface area (Å²) >= 11 is 0. The topological polar surface area (TPSA) is 64.2 Å². The fourth-order valence-corrected chi connectivity index (χ4v) is 3.18. The summed E-state index contributed by atoms with van der Waals surface area (Å²) < 4.78 is 7.59. The average molecular weight is 364 g/mol. The number of hydrogen-bond donors (Lipinski definition) is 1. The van der Waals surface area contributed by atoms with Gasteiger partial charge in [0.05, 0.1) is 6.26 Å². The summed E-state index contributed by atoms with van der Waals surface area (Å²) in [6.07, 6.45) is 4.69. The van der Waals surface area contributed by atoms with E-state index in [1.807, 2.05) is 29.7 Å². The largest absolute Gasteiger partial charge is 0.463 e. The molecule has 0 bridgehead atoms. The molecule has 2 aromatic heterocycles. The highest BCUT2D eigenvalue weighted by atomic mass is 16.3. The Morgan fingerprint density at radius 3 is 2.56 bits per heavy atom. The second-order valence-electron chi connectivity index (χ2n) is 6.53. The first-order valence-corrected chi connectivity index (χ1v) is 9.26. The number of amides is 1. The molecule has 0 atom stereocenters. The van der Waals surface area contributed by atoms with Crippen molar-refractivity contribution in [3.8, 4) is 11.5 Å². The summed E-state index contributed by atoms with van der Waals surface area (Å²) in [4.78, 5) is 25.7. The monoisotopic (exact) mass is 364 g/mol. The molecule has 0 fully saturated rings. The lowest BCUT2D eigenvalue weighted by molar-refractivity contribution is 0.102. The maximum atomic E-state index is 13.0.